The number of carbonyl (C=O) groups is 1. The third-order valence-electron chi connectivity index (χ3n) is 5.84. The Morgan fingerprint density at radius 3 is 2.63 bits per heavy atom. The van der Waals surface area contributed by atoms with Crippen molar-refractivity contribution in [1.29, 1.82) is 0 Å². The average molecular weight is 424 g/mol. The van der Waals surface area contributed by atoms with E-state index in [9.17, 15) is 4.79 Å². The normalized spacial score (nSPS) is 15.3. The Labute approximate surface area is 182 Å². The lowest BCUT2D eigenvalue weighted by molar-refractivity contribution is 0.0929. The molecule has 2 heterocycles. The van der Waals surface area contributed by atoms with Crippen LogP contribution in [0, 0.1) is 13.8 Å². The van der Waals surface area contributed by atoms with Crippen LogP contribution in [0.5, 0.6) is 0 Å². The lowest BCUT2D eigenvalue weighted by atomic mass is 10.0. The van der Waals surface area contributed by atoms with Gasteiger partial charge in [-0.15, -0.1) is 0 Å². The summed E-state index contributed by atoms with van der Waals surface area (Å²) >= 11 is 6.46. The molecular formula is C24H26ClN3O2. The molecule has 0 saturated carbocycles. The first kappa shape index (κ1) is 20.6. The molecule has 0 bridgehead atoms. The SMILES string of the molecule is Cc1ccc(-c2cc(C(=O)NC[C@@H](c3ccccc3Cl)N3CCCC3)no2)cc1C. The molecule has 2 aromatic carbocycles. The van der Waals surface area contributed by atoms with Gasteiger partial charge in [-0.05, 0) is 68.6 Å². The summed E-state index contributed by atoms with van der Waals surface area (Å²) in [5, 5.41) is 7.73. The van der Waals surface area contributed by atoms with E-state index in [4.69, 9.17) is 16.1 Å². The van der Waals surface area contributed by atoms with Crippen LogP contribution >= 0.6 is 11.6 Å². The quantitative estimate of drug-likeness (QED) is 0.593. The summed E-state index contributed by atoms with van der Waals surface area (Å²) < 4.78 is 5.43. The molecule has 1 aromatic heterocycles. The summed E-state index contributed by atoms with van der Waals surface area (Å²) in [5.41, 5.74) is 4.61. The maximum absolute atomic E-state index is 12.8. The van der Waals surface area contributed by atoms with Crippen LogP contribution in [0.3, 0.4) is 0 Å². The molecule has 6 heteroatoms. The van der Waals surface area contributed by atoms with Gasteiger partial charge in [-0.3, -0.25) is 9.69 Å². The molecule has 0 aliphatic carbocycles. The summed E-state index contributed by atoms with van der Waals surface area (Å²) in [7, 11) is 0. The Hall–Kier alpha value is -2.63. The Kier molecular flexibility index (Phi) is 6.21. The molecule has 3 aromatic rings. The summed E-state index contributed by atoms with van der Waals surface area (Å²) in [6.07, 6.45) is 2.33. The number of nitrogens with zero attached hydrogens (tertiary/aromatic N) is 2. The summed E-state index contributed by atoms with van der Waals surface area (Å²) in [4.78, 5) is 15.1. The number of halogens is 1. The fourth-order valence-electron chi connectivity index (χ4n) is 3.93. The van der Waals surface area contributed by atoms with Crippen LogP contribution in [0.2, 0.25) is 5.02 Å². The van der Waals surface area contributed by atoms with Crippen molar-refractivity contribution < 1.29 is 9.32 Å². The van der Waals surface area contributed by atoms with Crippen molar-refractivity contribution in [3.05, 3.63) is 75.9 Å². The van der Waals surface area contributed by atoms with E-state index in [1.165, 1.54) is 11.1 Å². The van der Waals surface area contributed by atoms with Gasteiger partial charge in [0.2, 0.25) is 0 Å². The van der Waals surface area contributed by atoms with Gasteiger partial charge >= 0.3 is 0 Å². The fraction of sp³-hybridized carbons (Fsp3) is 0.333. The predicted molar refractivity (Wildman–Crippen MR) is 119 cm³/mol. The highest BCUT2D eigenvalue weighted by molar-refractivity contribution is 6.31. The molecule has 0 unspecified atom stereocenters. The molecule has 1 amide bonds. The smallest absolute Gasteiger partial charge is 0.273 e. The lowest BCUT2D eigenvalue weighted by Gasteiger charge is -2.28. The minimum atomic E-state index is -0.245. The van der Waals surface area contributed by atoms with Crippen molar-refractivity contribution in [3.63, 3.8) is 0 Å². The molecule has 1 aliphatic rings. The number of aryl methyl sites for hydroxylation is 2. The second kappa shape index (κ2) is 9.02. The number of nitrogens with one attached hydrogen (secondary N) is 1. The van der Waals surface area contributed by atoms with Gasteiger partial charge in [-0.1, -0.05) is 47.1 Å². The van der Waals surface area contributed by atoms with Crippen molar-refractivity contribution in [2.45, 2.75) is 32.7 Å². The molecule has 1 saturated heterocycles. The van der Waals surface area contributed by atoms with E-state index in [0.717, 1.165) is 42.1 Å². The zero-order valence-corrected chi connectivity index (χ0v) is 18.1. The number of benzene rings is 2. The lowest BCUT2D eigenvalue weighted by Crippen LogP contribution is -2.37. The molecule has 1 aliphatic heterocycles. The number of aromatic nitrogens is 1. The first-order valence-electron chi connectivity index (χ1n) is 10.3. The largest absolute Gasteiger partial charge is 0.355 e. The highest BCUT2D eigenvalue weighted by atomic mass is 35.5. The van der Waals surface area contributed by atoms with Gasteiger partial charge in [0.15, 0.2) is 11.5 Å². The van der Waals surface area contributed by atoms with Crippen LogP contribution in [0.1, 0.15) is 46.1 Å². The van der Waals surface area contributed by atoms with Crippen LogP contribution in [0.15, 0.2) is 53.1 Å². The van der Waals surface area contributed by atoms with Gasteiger partial charge in [0, 0.05) is 23.2 Å². The Balaban J connectivity index is 1.48. The van der Waals surface area contributed by atoms with Gasteiger partial charge in [0.1, 0.15) is 0 Å². The number of hydrogen-bond acceptors (Lipinski definition) is 4. The molecular weight excluding hydrogens is 398 g/mol. The minimum Gasteiger partial charge on any atom is -0.355 e. The monoisotopic (exact) mass is 423 g/mol. The molecule has 1 N–H and O–H groups in total. The van der Waals surface area contributed by atoms with E-state index >= 15 is 0 Å². The number of likely N-dealkylation sites (tertiary alicyclic amines) is 1. The Morgan fingerprint density at radius 1 is 1.13 bits per heavy atom. The Bertz CT molecular complexity index is 1040. The first-order valence-corrected chi connectivity index (χ1v) is 10.7. The van der Waals surface area contributed by atoms with E-state index < -0.39 is 0 Å². The highest BCUT2D eigenvalue weighted by Gasteiger charge is 2.26. The van der Waals surface area contributed by atoms with Crippen molar-refractivity contribution in [1.82, 2.24) is 15.4 Å². The van der Waals surface area contributed by atoms with Gasteiger partial charge in [0.05, 0.1) is 6.04 Å². The number of hydrogen-bond donors (Lipinski definition) is 1. The minimum absolute atomic E-state index is 0.0382. The maximum atomic E-state index is 12.8. The highest BCUT2D eigenvalue weighted by Crippen LogP contribution is 2.30. The molecule has 1 fully saturated rings. The molecule has 0 radical (unpaired) electrons. The summed E-state index contributed by atoms with van der Waals surface area (Å²) in [6, 6.07) is 15.6. The predicted octanol–water partition coefficient (Wildman–Crippen LogP) is 5.18. The number of rotatable bonds is 6. The third-order valence-corrected chi connectivity index (χ3v) is 6.18. The standard InChI is InChI=1S/C24H26ClN3O2/c1-16-9-10-18(13-17(16)2)23-14-21(27-30-23)24(29)26-15-22(28-11-5-6-12-28)19-7-3-4-8-20(19)25/h3-4,7-10,13-14,22H,5-6,11-12,15H2,1-2H3,(H,26,29)/t22-/m0/s1. The van der Waals surface area contributed by atoms with Gasteiger partial charge in [0.25, 0.3) is 5.91 Å². The van der Waals surface area contributed by atoms with E-state index in [0.29, 0.717) is 12.3 Å². The first-order chi connectivity index (χ1) is 14.5. The third kappa shape index (κ3) is 4.42. The summed E-state index contributed by atoms with van der Waals surface area (Å²) in [6.45, 7) is 6.60. The van der Waals surface area contributed by atoms with Gasteiger partial charge in [-0.25, -0.2) is 0 Å². The van der Waals surface area contributed by atoms with E-state index in [1.807, 2.05) is 42.5 Å². The van der Waals surface area contributed by atoms with Gasteiger partial charge in [-0.2, -0.15) is 0 Å². The molecule has 4 rings (SSSR count). The maximum Gasteiger partial charge on any atom is 0.273 e. The molecule has 156 valence electrons. The second-order valence-electron chi connectivity index (χ2n) is 7.87. The number of amides is 1. The Morgan fingerprint density at radius 2 is 1.90 bits per heavy atom. The van der Waals surface area contributed by atoms with Crippen LogP contribution in [0.4, 0.5) is 0 Å². The summed E-state index contributed by atoms with van der Waals surface area (Å²) in [5.74, 6) is 0.343. The van der Waals surface area contributed by atoms with Gasteiger partial charge < -0.3 is 9.84 Å². The second-order valence-corrected chi connectivity index (χ2v) is 8.27. The van der Waals surface area contributed by atoms with Crippen LogP contribution in [0.25, 0.3) is 11.3 Å². The zero-order chi connectivity index (χ0) is 21.1. The molecule has 5 nitrogen and oxygen atoms in total. The van der Waals surface area contributed by atoms with Crippen LogP contribution in [-0.4, -0.2) is 35.6 Å². The van der Waals surface area contributed by atoms with Crippen molar-refractivity contribution in [2.75, 3.05) is 19.6 Å². The van der Waals surface area contributed by atoms with Crippen LogP contribution in [-0.2, 0) is 0 Å². The van der Waals surface area contributed by atoms with Crippen molar-refractivity contribution in [2.24, 2.45) is 0 Å². The topological polar surface area (TPSA) is 58.4 Å². The molecule has 0 spiro atoms. The van der Waals surface area contributed by atoms with Crippen molar-refractivity contribution in [3.8, 4) is 11.3 Å². The van der Waals surface area contributed by atoms with E-state index in [2.05, 4.69) is 29.2 Å². The number of carbonyl (C=O) groups excluding carboxylic acids is 1. The van der Waals surface area contributed by atoms with E-state index in [-0.39, 0.29) is 17.6 Å². The molecule has 1 atom stereocenters. The van der Waals surface area contributed by atoms with Crippen molar-refractivity contribution >= 4 is 17.5 Å². The van der Waals surface area contributed by atoms with Crippen LogP contribution < -0.4 is 5.32 Å². The fourth-order valence-corrected chi connectivity index (χ4v) is 4.19. The molecule has 30 heavy (non-hydrogen) atoms. The average Bonchev–Trinajstić information content (AvgIpc) is 3.44. The zero-order valence-electron chi connectivity index (χ0n) is 17.3. The van der Waals surface area contributed by atoms with E-state index in [1.54, 1.807) is 6.07 Å².